The first kappa shape index (κ1) is 12.9. The van der Waals surface area contributed by atoms with E-state index in [1.807, 2.05) is 25.1 Å². The van der Waals surface area contributed by atoms with Gasteiger partial charge in [-0.15, -0.1) is 0 Å². The predicted molar refractivity (Wildman–Crippen MR) is 72.6 cm³/mol. The van der Waals surface area contributed by atoms with Crippen LogP contribution in [0.5, 0.6) is 0 Å². The zero-order valence-corrected chi connectivity index (χ0v) is 11.1. The Morgan fingerprint density at radius 1 is 1.33 bits per heavy atom. The van der Waals surface area contributed by atoms with Gasteiger partial charge in [-0.05, 0) is 31.4 Å². The maximum absolute atomic E-state index is 9.23. The maximum atomic E-state index is 9.23. The first-order chi connectivity index (χ1) is 8.76. The Hall–Kier alpha value is -1.53. The molecule has 1 aromatic rings. The van der Waals surface area contributed by atoms with E-state index in [0.717, 1.165) is 29.7 Å². The summed E-state index contributed by atoms with van der Waals surface area (Å²) in [6.45, 7) is 1.97. The van der Waals surface area contributed by atoms with Crippen LogP contribution in [0.25, 0.3) is 0 Å². The standard InChI is InChI=1S/C15H20N2O/c1-11-6-5-8-13(12(11)10-16)17-14-7-3-4-9-15(14)18-2/h5-6,8,14-15,17H,3-4,7,9H2,1-2H3. The summed E-state index contributed by atoms with van der Waals surface area (Å²) in [5, 5.41) is 12.7. The number of methoxy groups -OCH3 is 1. The third-order valence-corrected chi connectivity index (χ3v) is 3.73. The van der Waals surface area contributed by atoms with Crippen LogP contribution in [0.3, 0.4) is 0 Å². The normalized spacial score (nSPS) is 23.4. The molecule has 1 aliphatic rings. The number of nitriles is 1. The van der Waals surface area contributed by atoms with Gasteiger partial charge in [-0.3, -0.25) is 0 Å². The molecule has 3 heteroatoms. The van der Waals surface area contributed by atoms with Crippen LogP contribution < -0.4 is 5.32 Å². The molecule has 0 aliphatic heterocycles. The molecule has 2 unspecified atom stereocenters. The van der Waals surface area contributed by atoms with E-state index >= 15 is 0 Å². The molecule has 1 aliphatic carbocycles. The quantitative estimate of drug-likeness (QED) is 0.887. The Labute approximate surface area is 109 Å². The third kappa shape index (κ3) is 2.65. The van der Waals surface area contributed by atoms with Crippen LogP contribution in [-0.2, 0) is 4.74 Å². The number of nitrogens with zero attached hydrogens (tertiary/aromatic N) is 1. The second-order valence-corrected chi connectivity index (χ2v) is 4.92. The van der Waals surface area contributed by atoms with E-state index in [0.29, 0.717) is 6.04 Å². The fourth-order valence-corrected chi connectivity index (χ4v) is 2.68. The fourth-order valence-electron chi connectivity index (χ4n) is 2.68. The van der Waals surface area contributed by atoms with Gasteiger partial charge in [0, 0.05) is 7.11 Å². The molecule has 0 saturated heterocycles. The van der Waals surface area contributed by atoms with Gasteiger partial charge in [0.25, 0.3) is 0 Å². The summed E-state index contributed by atoms with van der Waals surface area (Å²) in [6, 6.07) is 8.54. The van der Waals surface area contributed by atoms with E-state index in [4.69, 9.17) is 4.74 Å². The predicted octanol–water partition coefficient (Wildman–Crippen LogP) is 3.24. The van der Waals surface area contributed by atoms with Crippen molar-refractivity contribution >= 4 is 5.69 Å². The van der Waals surface area contributed by atoms with Crippen molar-refractivity contribution in [3.63, 3.8) is 0 Å². The number of rotatable bonds is 3. The summed E-state index contributed by atoms with van der Waals surface area (Å²) in [4.78, 5) is 0. The highest BCUT2D eigenvalue weighted by Gasteiger charge is 2.25. The third-order valence-electron chi connectivity index (χ3n) is 3.73. The van der Waals surface area contributed by atoms with Crippen molar-refractivity contribution in [3.05, 3.63) is 29.3 Å². The van der Waals surface area contributed by atoms with Crippen molar-refractivity contribution in [2.45, 2.75) is 44.8 Å². The number of nitrogens with one attached hydrogen (secondary N) is 1. The van der Waals surface area contributed by atoms with Crippen LogP contribution in [0.4, 0.5) is 5.69 Å². The monoisotopic (exact) mass is 244 g/mol. The topological polar surface area (TPSA) is 45.0 Å². The molecule has 1 saturated carbocycles. The van der Waals surface area contributed by atoms with Crippen molar-refractivity contribution in [1.29, 1.82) is 5.26 Å². The van der Waals surface area contributed by atoms with E-state index in [1.54, 1.807) is 7.11 Å². The van der Waals surface area contributed by atoms with Crippen LogP contribution in [0.15, 0.2) is 18.2 Å². The summed E-state index contributed by atoms with van der Waals surface area (Å²) in [5.74, 6) is 0. The van der Waals surface area contributed by atoms with Crippen LogP contribution in [0.1, 0.15) is 36.8 Å². The minimum Gasteiger partial charge on any atom is -0.379 e. The van der Waals surface area contributed by atoms with Gasteiger partial charge in [0.05, 0.1) is 23.4 Å². The zero-order chi connectivity index (χ0) is 13.0. The highest BCUT2D eigenvalue weighted by atomic mass is 16.5. The van der Waals surface area contributed by atoms with E-state index in [1.165, 1.54) is 12.8 Å². The molecule has 0 bridgehead atoms. The molecule has 0 amide bonds. The molecule has 18 heavy (non-hydrogen) atoms. The van der Waals surface area contributed by atoms with E-state index in [-0.39, 0.29) is 6.10 Å². The van der Waals surface area contributed by atoms with Crippen molar-refractivity contribution in [2.24, 2.45) is 0 Å². The molecule has 0 radical (unpaired) electrons. The van der Waals surface area contributed by atoms with Gasteiger partial charge in [0.1, 0.15) is 6.07 Å². The Balaban J connectivity index is 2.18. The Bertz CT molecular complexity index is 450. The highest BCUT2D eigenvalue weighted by Crippen LogP contribution is 2.26. The molecule has 0 aromatic heterocycles. The fraction of sp³-hybridized carbons (Fsp3) is 0.533. The lowest BCUT2D eigenvalue weighted by molar-refractivity contribution is 0.0606. The zero-order valence-electron chi connectivity index (χ0n) is 11.1. The van der Waals surface area contributed by atoms with Gasteiger partial charge in [-0.2, -0.15) is 5.26 Å². The molecule has 0 spiro atoms. The van der Waals surface area contributed by atoms with Gasteiger partial charge in [0.2, 0.25) is 0 Å². The van der Waals surface area contributed by atoms with Crippen molar-refractivity contribution in [3.8, 4) is 6.07 Å². The smallest absolute Gasteiger partial charge is 0.102 e. The summed E-state index contributed by atoms with van der Waals surface area (Å²) in [5.41, 5.74) is 2.71. The molecule has 0 heterocycles. The average molecular weight is 244 g/mol. The van der Waals surface area contributed by atoms with Crippen molar-refractivity contribution < 1.29 is 4.74 Å². The van der Waals surface area contributed by atoms with Gasteiger partial charge in [-0.1, -0.05) is 25.0 Å². The minimum atomic E-state index is 0.255. The van der Waals surface area contributed by atoms with Gasteiger partial charge >= 0.3 is 0 Å². The first-order valence-corrected chi connectivity index (χ1v) is 6.55. The number of anilines is 1. The lowest BCUT2D eigenvalue weighted by atomic mass is 9.92. The molecule has 96 valence electrons. The summed E-state index contributed by atoms with van der Waals surface area (Å²) >= 11 is 0. The molecule has 2 rings (SSSR count). The van der Waals surface area contributed by atoms with Crippen LogP contribution in [-0.4, -0.2) is 19.3 Å². The second kappa shape index (κ2) is 5.88. The number of hydrogen-bond acceptors (Lipinski definition) is 3. The molecule has 1 fully saturated rings. The average Bonchev–Trinajstić information content (AvgIpc) is 2.40. The van der Waals surface area contributed by atoms with E-state index in [2.05, 4.69) is 11.4 Å². The Kier molecular flexibility index (Phi) is 4.22. The SMILES string of the molecule is COC1CCCCC1Nc1cccc(C)c1C#N. The summed E-state index contributed by atoms with van der Waals surface area (Å²) in [6.07, 6.45) is 4.92. The molecule has 3 nitrogen and oxygen atoms in total. The number of aryl methyl sites for hydroxylation is 1. The number of benzene rings is 1. The number of hydrogen-bond donors (Lipinski definition) is 1. The lowest BCUT2D eigenvalue weighted by Crippen LogP contribution is -2.38. The molecule has 1 N–H and O–H groups in total. The van der Waals surface area contributed by atoms with Crippen molar-refractivity contribution in [2.75, 3.05) is 12.4 Å². The van der Waals surface area contributed by atoms with Gasteiger partial charge < -0.3 is 10.1 Å². The summed E-state index contributed by atoms with van der Waals surface area (Å²) < 4.78 is 5.53. The first-order valence-electron chi connectivity index (χ1n) is 6.55. The molecular weight excluding hydrogens is 224 g/mol. The molecule has 1 aromatic carbocycles. The Morgan fingerprint density at radius 2 is 2.11 bits per heavy atom. The van der Waals surface area contributed by atoms with Gasteiger partial charge in [0.15, 0.2) is 0 Å². The van der Waals surface area contributed by atoms with Crippen LogP contribution in [0, 0.1) is 18.3 Å². The second-order valence-electron chi connectivity index (χ2n) is 4.92. The van der Waals surface area contributed by atoms with Crippen LogP contribution in [0.2, 0.25) is 0 Å². The lowest BCUT2D eigenvalue weighted by Gasteiger charge is -2.32. The van der Waals surface area contributed by atoms with Crippen LogP contribution >= 0.6 is 0 Å². The molecule has 2 atom stereocenters. The minimum absolute atomic E-state index is 0.255. The van der Waals surface area contributed by atoms with E-state index in [9.17, 15) is 5.26 Å². The summed E-state index contributed by atoms with van der Waals surface area (Å²) in [7, 11) is 1.77. The highest BCUT2D eigenvalue weighted by molar-refractivity contribution is 5.61. The molecular formula is C15H20N2O. The van der Waals surface area contributed by atoms with Gasteiger partial charge in [-0.25, -0.2) is 0 Å². The maximum Gasteiger partial charge on any atom is 0.102 e. The largest absolute Gasteiger partial charge is 0.379 e. The Morgan fingerprint density at radius 3 is 2.83 bits per heavy atom. The van der Waals surface area contributed by atoms with Crippen molar-refractivity contribution in [1.82, 2.24) is 0 Å². The number of ether oxygens (including phenoxy) is 1. The van der Waals surface area contributed by atoms with E-state index < -0.39 is 0 Å².